The van der Waals surface area contributed by atoms with Crippen LogP contribution in [0.2, 0.25) is 0 Å². The number of nitriles is 1. The van der Waals surface area contributed by atoms with Crippen molar-refractivity contribution in [3.63, 3.8) is 0 Å². The summed E-state index contributed by atoms with van der Waals surface area (Å²) in [4.78, 5) is 2.58. The number of nitrogens with two attached hydrogens (primary N) is 1. The first kappa shape index (κ1) is 22.3. The van der Waals surface area contributed by atoms with E-state index >= 15 is 0 Å². The third kappa shape index (κ3) is 5.03. The second-order valence-electron chi connectivity index (χ2n) is 8.45. The molecule has 1 heterocycles. The summed E-state index contributed by atoms with van der Waals surface area (Å²) in [5.74, 6) is 0.905. The second kappa shape index (κ2) is 10.1. The standard InChI is InChI=1S/C24H29N3O.C2H6/c1-28-21-7-6-20-15-24(16-23(26)22(20)14-21)9-12-27(13-10-24)11-8-18-2-4-19(17-25)5-3-18;1-2/h2-7,14,23H,8-13,15-16,26H2,1H3;1-2H3. The summed E-state index contributed by atoms with van der Waals surface area (Å²) in [6.07, 6.45) is 5.71. The first-order chi connectivity index (χ1) is 14.6. The summed E-state index contributed by atoms with van der Waals surface area (Å²) in [6, 6.07) is 16.7. The van der Waals surface area contributed by atoms with Gasteiger partial charge in [-0.1, -0.05) is 32.0 Å². The minimum Gasteiger partial charge on any atom is -0.497 e. The van der Waals surface area contributed by atoms with Crippen molar-refractivity contribution in [2.45, 2.75) is 52.0 Å². The zero-order chi connectivity index (χ0) is 21.6. The van der Waals surface area contributed by atoms with Gasteiger partial charge in [0.2, 0.25) is 0 Å². The van der Waals surface area contributed by atoms with Crippen LogP contribution >= 0.6 is 0 Å². The third-order valence-electron chi connectivity index (χ3n) is 6.69. The van der Waals surface area contributed by atoms with E-state index in [0.29, 0.717) is 5.41 Å². The number of ether oxygens (including phenoxy) is 1. The van der Waals surface area contributed by atoms with Crippen molar-refractivity contribution in [1.29, 1.82) is 5.26 Å². The summed E-state index contributed by atoms with van der Waals surface area (Å²) >= 11 is 0. The van der Waals surface area contributed by atoms with Crippen LogP contribution in [0, 0.1) is 16.7 Å². The number of rotatable bonds is 4. The van der Waals surface area contributed by atoms with Crippen molar-refractivity contribution in [3.8, 4) is 11.8 Å². The van der Waals surface area contributed by atoms with E-state index in [2.05, 4.69) is 41.3 Å². The topological polar surface area (TPSA) is 62.3 Å². The molecule has 4 nitrogen and oxygen atoms in total. The van der Waals surface area contributed by atoms with Crippen molar-refractivity contribution in [2.24, 2.45) is 11.1 Å². The van der Waals surface area contributed by atoms with E-state index < -0.39 is 0 Å². The highest BCUT2D eigenvalue weighted by atomic mass is 16.5. The molecular weight excluding hydrogens is 370 g/mol. The summed E-state index contributed by atoms with van der Waals surface area (Å²) in [7, 11) is 1.71. The smallest absolute Gasteiger partial charge is 0.119 e. The van der Waals surface area contributed by atoms with Gasteiger partial charge in [-0.3, -0.25) is 0 Å². The molecule has 2 aromatic rings. The lowest BCUT2D eigenvalue weighted by atomic mass is 9.65. The van der Waals surface area contributed by atoms with Gasteiger partial charge >= 0.3 is 0 Å². The van der Waals surface area contributed by atoms with Crippen LogP contribution in [0.15, 0.2) is 42.5 Å². The molecule has 4 heteroatoms. The van der Waals surface area contributed by atoms with Crippen LogP contribution in [0.25, 0.3) is 0 Å². The van der Waals surface area contributed by atoms with Gasteiger partial charge in [0.25, 0.3) is 0 Å². The van der Waals surface area contributed by atoms with E-state index in [1.165, 1.54) is 29.5 Å². The molecule has 2 aliphatic rings. The number of fused-ring (bicyclic) bond motifs is 1. The van der Waals surface area contributed by atoms with E-state index in [9.17, 15) is 0 Å². The normalized spacial score (nSPS) is 19.9. The molecule has 1 fully saturated rings. The van der Waals surface area contributed by atoms with Crippen molar-refractivity contribution in [3.05, 3.63) is 64.7 Å². The molecule has 0 saturated carbocycles. The Balaban J connectivity index is 0.00000124. The third-order valence-corrected chi connectivity index (χ3v) is 6.69. The number of methoxy groups -OCH3 is 1. The molecule has 0 amide bonds. The van der Waals surface area contributed by atoms with Gasteiger partial charge in [0.05, 0.1) is 18.7 Å². The second-order valence-corrected chi connectivity index (χ2v) is 8.45. The average Bonchev–Trinajstić information content (AvgIpc) is 2.80. The van der Waals surface area contributed by atoms with E-state index in [4.69, 9.17) is 15.7 Å². The number of piperidine rings is 1. The lowest BCUT2D eigenvalue weighted by molar-refractivity contribution is 0.0823. The predicted octanol–water partition coefficient (Wildman–Crippen LogP) is 4.86. The van der Waals surface area contributed by atoms with Crippen LogP contribution in [0.1, 0.15) is 61.4 Å². The molecule has 0 radical (unpaired) electrons. The Kier molecular flexibility index (Phi) is 7.53. The molecule has 1 aliphatic carbocycles. The lowest BCUT2D eigenvalue weighted by Gasteiger charge is -2.46. The molecule has 1 unspecified atom stereocenters. The van der Waals surface area contributed by atoms with Gasteiger partial charge in [-0.25, -0.2) is 0 Å². The number of benzene rings is 2. The maximum Gasteiger partial charge on any atom is 0.119 e. The molecule has 2 aromatic carbocycles. The van der Waals surface area contributed by atoms with Crippen molar-refractivity contribution in [1.82, 2.24) is 4.90 Å². The van der Waals surface area contributed by atoms with E-state index in [1.54, 1.807) is 7.11 Å². The van der Waals surface area contributed by atoms with Crippen molar-refractivity contribution >= 4 is 0 Å². The minimum absolute atomic E-state index is 0.115. The van der Waals surface area contributed by atoms with E-state index in [-0.39, 0.29) is 6.04 Å². The van der Waals surface area contributed by atoms with Crippen LogP contribution < -0.4 is 10.5 Å². The average molecular weight is 406 g/mol. The van der Waals surface area contributed by atoms with Crippen LogP contribution in [0.3, 0.4) is 0 Å². The number of nitrogens with zero attached hydrogens (tertiary/aromatic N) is 2. The SMILES string of the molecule is CC.COc1ccc2c(c1)C(N)CC1(CCN(CCc3ccc(C#N)cc3)CC1)C2. The molecule has 1 saturated heterocycles. The fourth-order valence-corrected chi connectivity index (χ4v) is 4.92. The Morgan fingerprint density at radius 3 is 2.47 bits per heavy atom. The first-order valence-electron chi connectivity index (χ1n) is 11.2. The van der Waals surface area contributed by atoms with Crippen LogP contribution in [-0.4, -0.2) is 31.6 Å². The van der Waals surface area contributed by atoms with Gasteiger partial charge in [-0.05, 0) is 91.6 Å². The summed E-state index contributed by atoms with van der Waals surface area (Å²) in [5, 5.41) is 8.92. The Labute approximate surface area is 181 Å². The zero-order valence-corrected chi connectivity index (χ0v) is 18.7. The number of likely N-dealkylation sites (tertiary alicyclic amines) is 1. The molecule has 1 aliphatic heterocycles. The monoisotopic (exact) mass is 405 g/mol. The predicted molar refractivity (Wildman–Crippen MR) is 123 cm³/mol. The molecule has 0 bridgehead atoms. The highest BCUT2D eigenvalue weighted by Crippen LogP contribution is 2.47. The first-order valence-corrected chi connectivity index (χ1v) is 11.2. The maximum absolute atomic E-state index is 8.92. The highest BCUT2D eigenvalue weighted by Gasteiger charge is 2.40. The zero-order valence-electron chi connectivity index (χ0n) is 18.7. The van der Waals surface area contributed by atoms with Crippen molar-refractivity contribution < 1.29 is 4.74 Å². The Morgan fingerprint density at radius 2 is 1.83 bits per heavy atom. The van der Waals surface area contributed by atoms with Gasteiger partial charge in [0, 0.05) is 12.6 Å². The molecule has 1 spiro atoms. The van der Waals surface area contributed by atoms with E-state index in [1.807, 2.05) is 26.0 Å². The van der Waals surface area contributed by atoms with Gasteiger partial charge < -0.3 is 15.4 Å². The minimum atomic E-state index is 0.115. The largest absolute Gasteiger partial charge is 0.497 e. The Bertz CT molecular complexity index is 861. The molecule has 30 heavy (non-hydrogen) atoms. The van der Waals surface area contributed by atoms with Gasteiger partial charge in [-0.2, -0.15) is 5.26 Å². The van der Waals surface area contributed by atoms with Crippen LogP contribution in [0.5, 0.6) is 5.75 Å². The molecule has 0 aromatic heterocycles. The molecule has 4 rings (SSSR count). The molecular formula is C26H35N3O. The van der Waals surface area contributed by atoms with E-state index in [0.717, 1.165) is 50.2 Å². The van der Waals surface area contributed by atoms with Crippen molar-refractivity contribution in [2.75, 3.05) is 26.7 Å². The number of hydrogen-bond donors (Lipinski definition) is 1. The summed E-state index contributed by atoms with van der Waals surface area (Å²) in [6.45, 7) is 7.38. The van der Waals surface area contributed by atoms with Gasteiger partial charge in [0.15, 0.2) is 0 Å². The van der Waals surface area contributed by atoms with Gasteiger partial charge in [0.1, 0.15) is 5.75 Å². The Morgan fingerprint density at radius 1 is 1.13 bits per heavy atom. The fourth-order valence-electron chi connectivity index (χ4n) is 4.92. The highest BCUT2D eigenvalue weighted by molar-refractivity contribution is 5.40. The molecule has 2 N–H and O–H groups in total. The fraction of sp³-hybridized carbons (Fsp3) is 0.500. The summed E-state index contributed by atoms with van der Waals surface area (Å²) in [5.41, 5.74) is 11.6. The maximum atomic E-state index is 8.92. The van der Waals surface area contributed by atoms with Gasteiger partial charge in [-0.15, -0.1) is 0 Å². The molecule has 1 atom stereocenters. The van der Waals surface area contributed by atoms with Crippen LogP contribution in [-0.2, 0) is 12.8 Å². The number of hydrogen-bond acceptors (Lipinski definition) is 4. The molecule has 160 valence electrons. The van der Waals surface area contributed by atoms with Crippen LogP contribution in [0.4, 0.5) is 0 Å². The summed E-state index contributed by atoms with van der Waals surface area (Å²) < 4.78 is 5.38. The lowest BCUT2D eigenvalue weighted by Crippen LogP contribution is -2.45. The Hall–Kier alpha value is -2.35. The quantitative estimate of drug-likeness (QED) is 0.789.